The summed E-state index contributed by atoms with van der Waals surface area (Å²) in [6.07, 6.45) is 6.15. The first-order valence-corrected chi connectivity index (χ1v) is 7.72. The molecule has 0 aliphatic heterocycles. The average Bonchev–Trinajstić information content (AvgIpc) is 2.49. The minimum absolute atomic E-state index is 0.0414. The van der Waals surface area contributed by atoms with Crippen molar-refractivity contribution in [3.63, 3.8) is 0 Å². The van der Waals surface area contributed by atoms with Crippen molar-refractivity contribution >= 4 is 5.78 Å². The highest BCUT2D eigenvalue weighted by atomic mass is 16.5. The molecule has 0 aromatic heterocycles. The molecular weight excluding hydrogens is 250 g/mol. The van der Waals surface area contributed by atoms with E-state index in [0.29, 0.717) is 0 Å². The van der Waals surface area contributed by atoms with Gasteiger partial charge in [0.1, 0.15) is 6.04 Å². The zero-order valence-electron chi connectivity index (χ0n) is 12.6. The third-order valence-electron chi connectivity index (χ3n) is 3.76. The van der Waals surface area contributed by atoms with Crippen LogP contribution in [0.5, 0.6) is 0 Å². The highest BCUT2D eigenvalue weighted by Crippen LogP contribution is 2.24. The van der Waals surface area contributed by atoms with Crippen molar-refractivity contribution in [3.8, 4) is 0 Å². The number of hydroxylamine groups is 1. The van der Waals surface area contributed by atoms with Crippen LogP contribution in [-0.2, 0) is 4.79 Å². The maximum absolute atomic E-state index is 12.7. The van der Waals surface area contributed by atoms with E-state index in [4.69, 9.17) is 0 Å². The van der Waals surface area contributed by atoms with Gasteiger partial charge in [0.2, 0.25) is 0 Å². The van der Waals surface area contributed by atoms with Crippen molar-refractivity contribution < 1.29 is 10.0 Å². The van der Waals surface area contributed by atoms with Gasteiger partial charge in [0.05, 0.1) is 0 Å². The number of rotatable bonds is 10. The number of ketones is 1. The SMILES string of the molecule is CCCCC(CCCC)C(=O)C(NO)c1ccccc1. The molecule has 0 bridgehead atoms. The molecule has 0 saturated carbocycles. The van der Waals surface area contributed by atoms with Crippen LogP contribution in [0, 0.1) is 5.92 Å². The summed E-state index contributed by atoms with van der Waals surface area (Å²) < 4.78 is 0. The van der Waals surface area contributed by atoms with E-state index >= 15 is 0 Å². The lowest BCUT2D eigenvalue weighted by molar-refractivity contribution is -0.128. The number of nitrogens with one attached hydrogen (secondary N) is 1. The molecule has 3 nitrogen and oxygen atoms in total. The van der Waals surface area contributed by atoms with Crippen molar-refractivity contribution in [2.45, 2.75) is 58.4 Å². The predicted octanol–water partition coefficient (Wildman–Crippen LogP) is 4.27. The molecule has 0 aliphatic rings. The van der Waals surface area contributed by atoms with Gasteiger partial charge in [-0.15, -0.1) is 0 Å². The van der Waals surface area contributed by atoms with E-state index in [0.717, 1.165) is 44.1 Å². The Kier molecular flexibility index (Phi) is 8.16. The fraction of sp³-hybridized carbons (Fsp3) is 0.588. The molecule has 1 unspecified atom stereocenters. The number of Topliss-reactive ketones (excluding diaryl/α,β-unsaturated/α-hetero) is 1. The van der Waals surface area contributed by atoms with E-state index in [1.165, 1.54) is 0 Å². The first-order valence-electron chi connectivity index (χ1n) is 7.72. The molecule has 1 aromatic carbocycles. The van der Waals surface area contributed by atoms with E-state index in [1.807, 2.05) is 30.3 Å². The molecule has 1 atom stereocenters. The number of hydrogen-bond acceptors (Lipinski definition) is 3. The Hall–Kier alpha value is -1.19. The van der Waals surface area contributed by atoms with Crippen molar-refractivity contribution in [3.05, 3.63) is 35.9 Å². The lowest BCUT2D eigenvalue weighted by atomic mass is 9.86. The molecule has 0 aliphatic carbocycles. The second-order valence-electron chi connectivity index (χ2n) is 5.36. The third-order valence-corrected chi connectivity index (χ3v) is 3.76. The summed E-state index contributed by atoms with van der Waals surface area (Å²) in [7, 11) is 0. The third kappa shape index (κ3) is 5.06. The second-order valence-corrected chi connectivity index (χ2v) is 5.36. The Morgan fingerprint density at radius 2 is 1.65 bits per heavy atom. The summed E-state index contributed by atoms with van der Waals surface area (Å²) in [4.78, 5) is 12.7. The summed E-state index contributed by atoms with van der Waals surface area (Å²) in [6, 6.07) is 8.84. The molecule has 112 valence electrons. The van der Waals surface area contributed by atoms with Crippen LogP contribution in [0.4, 0.5) is 0 Å². The van der Waals surface area contributed by atoms with Crippen LogP contribution < -0.4 is 5.48 Å². The first-order chi connectivity index (χ1) is 9.74. The van der Waals surface area contributed by atoms with E-state index < -0.39 is 6.04 Å². The van der Waals surface area contributed by atoms with Crippen LogP contribution in [0.2, 0.25) is 0 Å². The number of carbonyl (C=O) groups excluding carboxylic acids is 1. The Morgan fingerprint density at radius 1 is 1.10 bits per heavy atom. The van der Waals surface area contributed by atoms with E-state index in [9.17, 15) is 10.0 Å². The minimum atomic E-state index is -0.602. The summed E-state index contributed by atoms with van der Waals surface area (Å²) in [5.74, 6) is 0.153. The van der Waals surface area contributed by atoms with Crippen molar-refractivity contribution in [2.24, 2.45) is 5.92 Å². The Bertz CT molecular complexity index is 370. The number of unbranched alkanes of at least 4 members (excludes halogenated alkanes) is 2. The van der Waals surface area contributed by atoms with Crippen LogP contribution in [0.1, 0.15) is 64.0 Å². The van der Waals surface area contributed by atoms with Crippen LogP contribution in [-0.4, -0.2) is 11.0 Å². The zero-order valence-corrected chi connectivity index (χ0v) is 12.6. The lowest BCUT2D eigenvalue weighted by Crippen LogP contribution is -2.31. The van der Waals surface area contributed by atoms with E-state index in [2.05, 4.69) is 19.3 Å². The van der Waals surface area contributed by atoms with Crippen molar-refractivity contribution in [1.82, 2.24) is 5.48 Å². The average molecular weight is 277 g/mol. The lowest BCUT2D eigenvalue weighted by Gasteiger charge is -2.21. The number of hydrogen-bond donors (Lipinski definition) is 2. The Balaban J connectivity index is 2.78. The van der Waals surface area contributed by atoms with Crippen LogP contribution >= 0.6 is 0 Å². The molecule has 0 heterocycles. The largest absolute Gasteiger partial charge is 0.316 e. The van der Waals surface area contributed by atoms with Gasteiger partial charge in [-0.05, 0) is 18.4 Å². The fourth-order valence-electron chi connectivity index (χ4n) is 2.51. The molecule has 2 N–H and O–H groups in total. The van der Waals surface area contributed by atoms with Crippen molar-refractivity contribution in [2.75, 3.05) is 0 Å². The van der Waals surface area contributed by atoms with Crippen LogP contribution in [0.15, 0.2) is 30.3 Å². The van der Waals surface area contributed by atoms with Crippen LogP contribution in [0.25, 0.3) is 0 Å². The van der Waals surface area contributed by atoms with Gasteiger partial charge in [-0.3, -0.25) is 4.79 Å². The van der Waals surface area contributed by atoms with Gasteiger partial charge in [0, 0.05) is 5.92 Å². The van der Waals surface area contributed by atoms with Gasteiger partial charge in [-0.1, -0.05) is 69.9 Å². The Morgan fingerprint density at radius 3 is 2.10 bits per heavy atom. The smallest absolute Gasteiger partial charge is 0.159 e. The quantitative estimate of drug-likeness (QED) is 0.628. The highest BCUT2D eigenvalue weighted by molar-refractivity contribution is 5.87. The van der Waals surface area contributed by atoms with E-state index in [-0.39, 0.29) is 11.7 Å². The zero-order chi connectivity index (χ0) is 14.8. The van der Waals surface area contributed by atoms with Crippen molar-refractivity contribution in [1.29, 1.82) is 0 Å². The van der Waals surface area contributed by atoms with Gasteiger partial charge < -0.3 is 5.21 Å². The standard InChI is InChI=1S/C17H27NO2/c1-3-5-10-15(11-6-4-2)17(19)16(18-20)14-12-8-7-9-13-14/h7-9,12-13,15-16,18,20H,3-6,10-11H2,1-2H3. The van der Waals surface area contributed by atoms with Gasteiger partial charge in [0.25, 0.3) is 0 Å². The summed E-state index contributed by atoms with van der Waals surface area (Å²) in [6.45, 7) is 4.28. The molecule has 1 rings (SSSR count). The maximum atomic E-state index is 12.7. The predicted molar refractivity (Wildman–Crippen MR) is 81.7 cm³/mol. The molecule has 1 aromatic rings. The summed E-state index contributed by atoms with van der Waals surface area (Å²) >= 11 is 0. The molecule has 0 spiro atoms. The Labute approximate surface area is 122 Å². The molecule has 0 fully saturated rings. The van der Waals surface area contributed by atoms with Crippen LogP contribution in [0.3, 0.4) is 0 Å². The molecule has 0 amide bonds. The normalized spacial score (nSPS) is 12.6. The van der Waals surface area contributed by atoms with Gasteiger partial charge in [-0.25, -0.2) is 0 Å². The number of carbonyl (C=O) groups is 1. The summed E-state index contributed by atoms with van der Waals surface area (Å²) in [5.41, 5.74) is 3.03. The molecule has 20 heavy (non-hydrogen) atoms. The van der Waals surface area contributed by atoms with Gasteiger partial charge in [0.15, 0.2) is 5.78 Å². The topological polar surface area (TPSA) is 49.3 Å². The fourth-order valence-corrected chi connectivity index (χ4v) is 2.51. The first kappa shape index (κ1) is 16.9. The maximum Gasteiger partial charge on any atom is 0.159 e. The molecular formula is C17H27NO2. The van der Waals surface area contributed by atoms with E-state index in [1.54, 1.807) is 0 Å². The molecule has 3 heteroatoms. The monoisotopic (exact) mass is 277 g/mol. The molecule has 0 saturated heterocycles. The highest BCUT2D eigenvalue weighted by Gasteiger charge is 2.26. The molecule has 0 radical (unpaired) electrons. The van der Waals surface area contributed by atoms with Gasteiger partial charge in [-0.2, -0.15) is 5.48 Å². The second kappa shape index (κ2) is 9.67. The van der Waals surface area contributed by atoms with Gasteiger partial charge >= 0.3 is 0 Å². The summed E-state index contributed by atoms with van der Waals surface area (Å²) in [5, 5.41) is 9.38. The minimum Gasteiger partial charge on any atom is -0.316 e. The number of benzene rings is 1.